The maximum atomic E-state index is 12.4. The van der Waals surface area contributed by atoms with E-state index in [2.05, 4.69) is 15.0 Å². The van der Waals surface area contributed by atoms with Gasteiger partial charge in [0.1, 0.15) is 5.82 Å². The summed E-state index contributed by atoms with van der Waals surface area (Å²) in [5, 5.41) is 0.931. The minimum atomic E-state index is -0.513. The molecule has 0 saturated carbocycles. The third kappa shape index (κ3) is 1.75. The quantitative estimate of drug-likeness (QED) is 0.688. The molecule has 3 rings (SSSR count). The maximum absolute atomic E-state index is 12.4. The summed E-state index contributed by atoms with van der Waals surface area (Å²) in [5.41, 5.74) is 2.25. The van der Waals surface area contributed by atoms with Gasteiger partial charge < -0.3 is 14.3 Å². The molecule has 0 aliphatic carbocycles. The van der Waals surface area contributed by atoms with E-state index in [-0.39, 0.29) is 5.56 Å². The molecule has 0 amide bonds. The average molecular weight is 300 g/mol. The Labute approximate surface area is 125 Å². The summed E-state index contributed by atoms with van der Waals surface area (Å²) in [7, 11) is 3.15. The fourth-order valence-electron chi connectivity index (χ4n) is 2.87. The van der Waals surface area contributed by atoms with E-state index in [0.717, 1.165) is 5.82 Å². The molecule has 0 aliphatic rings. The third-order valence-electron chi connectivity index (χ3n) is 3.96. The lowest BCUT2D eigenvalue weighted by atomic mass is 10.0. The molecule has 22 heavy (non-hydrogen) atoms. The highest BCUT2D eigenvalue weighted by Crippen LogP contribution is 2.28. The van der Waals surface area contributed by atoms with Crippen LogP contribution in [-0.4, -0.2) is 32.6 Å². The van der Waals surface area contributed by atoms with Crippen molar-refractivity contribution in [3.05, 3.63) is 33.1 Å². The Hall–Kier alpha value is -2.70. The highest BCUT2D eigenvalue weighted by Gasteiger charge is 2.23. The Bertz CT molecular complexity index is 998. The number of aryl methyl sites for hydroxylation is 4. The Kier molecular flexibility index (Phi) is 3.01. The van der Waals surface area contributed by atoms with Gasteiger partial charge in [0.15, 0.2) is 5.65 Å². The van der Waals surface area contributed by atoms with E-state index in [1.165, 1.54) is 7.11 Å². The standard InChI is InChI=1S/C15H16N4O3/c1-6-9-11(10(7(2)16-6)15(21)22-5)12-13(18-14(9)20)17-8(3)19(12)4/h1-5H3,(H,18,20). The number of aromatic nitrogens is 4. The van der Waals surface area contributed by atoms with Gasteiger partial charge >= 0.3 is 5.97 Å². The van der Waals surface area contributed by atoms with Crippen molar-refractivity contribution in [1.82, 2.24) is 19.5 Å². The van der Waals surface area contributed by atoms with Crippen LogP contribution in [0.15, 0.2) is 4.79 Å². The molecule has 114 valence electrons. The summed E-state index contributed by atoms with van der Waals surface area (Å²) in [6.45, 7) is 5.32. The number of H-pyrrole nitrogens is 1. The monoisotopic (exact) mass is 300 g/mol. The molecule has 1 N–H and O–H groups in total. The van der Waals surface area contributed by atoms with Crippen molar-refractivity contribution in [3.8, 4) is 0 Å². The minimum Gasteiger partial charge on any atom is -0.465 e. The molecular formula is C15H16N4O3. The molecule has 0 radical (unpaired) electrons. The van der Waals surface area contributed by atoms with Gasteiger partial charge in [-0.3, -0.25) is 9.78 Å². The van der Waals surface area contributed by atoms with Crippen LogP contribution in [0.4, 0.5) is 0 Å². The van der Waals surface area contributed by atoms with Crippen LogP contribution in [0, 0.1) is 20.8 Å². The summed E-state index contributed by atoms with van der Waals surface area (Å²) in [4.78, 5) is 36.1. The van der Waals surface area contributed by atoms with E-state index in [9.17, 15) is 9.59 Å². The first-order valence-corrected chi connectivity index (χ1v) is 6.81. The fraction of sp³-hybridized carbons (Fsp3) is 0.333. The SMILES string of the molecule is COC(=O)c1c(C)nc(C)c2c(=O)[nH]c3nc(C)n(C)c3c12. The summed E-state index contributed by atoms with van der Waals surface area (Å²) in [6.07, 6.45) is 0. The lowest BCUT2D eigenvalue weighted by Gasteiger charge is -2.11. The van der Waals surface area contributed by atoms with E-state index >= 15 is 0 Å². The van der Waals surface area contributed by atoms with Crippen molar-refractivity contribution in [2.75, 3.05) is 7.11 Å². The first-order chi connectivity index (χ1) is 10.4. The van der Waals surface area contributed by atoms with E-state index in [4.69, 9.17) is 4.74 Å². The molecule has 0 saturated heterocycles. The number of nitrogens with one attached hydrogen (secondary N) is 1. The number of aromatic amines is 1. The number of esters is 1. The molecule has 0 unspecified atom stereocenters. The highest BCUT2D eigenvalue weighted by molar-refractivity contribution is 6.14. The summed E-state index contributed by atoms with van der Waals surface area (Å²) in [5.74, 6) is 0.224. The van der Waals surface area contributed by atoms with Gasteiger partial charge in [-0.05, 0) is 20.8 Å². The van der Waals surface area contributed by atoms with E-state index in [1.807, 2.05) is 18.5 Å². The number of carbonyl (C=O) groups is 1. The second-order valence-electron chi connectivity index (χ2n) is 5.27. The van der Waals surface area contributed by atoms with Crippen LogP contribution in [-0.2, 0) is 11.8 Å². The van der Waals surface area contributed by atoms with Gasteiger partial charge in [-0.1, -0.05) is 0 Å². The van der Waals surface area contributed by atoms with Crippen molar-refractivity contribution >= 4 is 27.9 Å². The van der Waals surface area contributed by atoms with Gasteiger partial charge in [-0.25, -0.2) is 9.78 Å². The zero-order valence-electron chi connectivity index (χ0n) is 13.1. The molecular weight excluding hydrogens is 284 g/mol. The maximum Gasteiger partial charge on any atom is 0.340 e. The van der Waals surface area contributed by atoms with Crippen LogP contribution in [0.3, 0.4) is 0 Å². The molecule has 0 atom stereocenters. The van der Waals surface area contributed by atoms with Crippen molar-refractivity contribution < 1.29 is 9.53 Å². The Balaban J connectivity index is 2.73. The number of methoxy groups -OCH3 is 1. The van der Waals surface area contributed by atoms with Gasteiger partial charge in [0.05, 0.1) is 35.0 Å². The van der Waals surface area contributed by atoms with Gasteiger partial charge in [0.2, 0.25) is 0 Å². The first kappa shape index (κ1) is 14.2. The Morgan fingerprint density at radius 1 is 1.14 bits per heavy atom. The fourth-order valence-corrected chi connectivity index (χ4v) is 2.87. The van der Waals surface area contributed by atoms with Crippen molar-refractivity contribution in [2.45, 2.75) is 20.8 Å². The molecule has 0 aliphatic heterocycles. The van der Waals surface area contributed by atoms with Crippen LogP contribution in [0.1, 0.15) is 27.6 Å². The van der Waals surface area contributed by atoms with E-state index in [0.29, 0.717) is 38.9 Å². The zero-order valence-corrected chi connectivity index (χ0v) is 13.1. The number of hydrogen-bond acceptors (Lipinski definition) is 5. The molecule has 3 heterocycles. The second kappa shape index (κ2) is 4.66. The number of hydrogen-bond donors (Lipinski definition) is 1. The van der Waals surface area contributed by atoms with Crippen molar-refractivity contribution in [3.63, 3.8) is 0 Å². The summed E-state index contributed by atoms with van der Waals surface area (Å²) < 4.78 is 6.73. The number of imidazole rings is 1. The normalized spacial score (nSPS) is 11.3. The van der Waals surface area contributed by atoms with Gasteiger partial charge in [0.25, 0.3) is 5.56 Å². The number of rotatable bonds is 1. The molecule has 3 aromatic heterocycles. The molecule has 0 bridgehead atoms. The van der Waals surface area contributed by atoms with Gasteiger partial charge in [0, 0.05) is 12.4 Å². The minimum absolute atomic E-state index is 0.308. The summed E-state index contributed by atoms with van der Waals surface area (Å²) >= 11 is 0. The van der Waals surface area contributed by atoms with Crippen LogP contribution >= 0.6 is 0 Å². The zero-order chi connectivity index (χ0) is 16.2. The predicted molar refractivity (Wildman–Crippen MR) is 82.2 cm³/mol. The van der Waals surface area contributed by atoms with Gasteiger partial charge in [-0.15, -0.1) is 0 Å². The predicted octanol–water partition coefficient (Wildman–Crippen LogP) is 1.52. The lowest BCUT2D eigenvalue weighted by molar-refractivity contribution is 0.0601. The largest absolute Gasteiger partial charge is 0.465 e. The lowest BCUT2D eigenvalue weighted by Crippen LogP contribution is -2.15. The van der Waals surface area contributed by atoms with Crippen LogP contribution in [0.2, 0.25) is 0 Å². The van der Waals surface area contributed by atoms with E-state index in [1.54, 1.807) is 13.8 Å². The van der Waals surface area contributed by atoms with Crippen LogP contribution in [0.25, 0.3) is 21.9 Å². The first-order valence-electron chi connectivity index (χ1n) is 6.81. The third-order valence-corrected chi connectivity index (χ3v) is 3.96. The van der Waals surface area contributed by atoms with Crippen molar-refractivity contribution in [2.24, 2.45) is 7.05 Å². The molecule has 7 nitrogen and oxygen atoms in total. The van der Waals surface area contributed by atoms with E-state index < -0.39 is 5.97 Å². The topological polar surface area (TPSA) is 89.9 Å². The molecule has 0 fully saturated rings. The number of pyridine rings is 2. The number of fused-ring (bicyclic) bond motifs is 3. The number of carbonyl (C=O) groups excluding carboxylic acids is 1. The van der Waals surface area contributed by atoms with Gasteiger partial charge in [-0.2, -0.15) is 0 Å². The molecule has 7 heteroatoms. The van der Waals surface area contributed by atoms with Crippen LogP contribution < -0.4 is 5.56 Å². The Morgan fingerprint density at radius 2 is 1.82 bits per heavy atom. The Morgan fingerprint density at radius 3 is 2.45 bits per heavy atom. The number of ether oxygens (including phenoxy) is 1. The molecule has 3 aromatic rings. The molecule has 0 aromatic carbocycles. The second-order valence-corrected chi connectivity index (χ2v) is 5.27. The average Bonchev–Trinajstić information content (AvgIpc) is 2.72. The summed E-state index contributed by atoms with van der Waals surface area (Å²) in [6, 6.07) is 0. The molecule has 0 spiro atoms. The van der Waals surface area contributed by atoms with Crippen LogP contribution in [0.5, 0.6) is 0 Å². The number of nitrogens with zero attached hydrogens (tertiary/aromatic N) is 3. The smallest absolute Gasteiger partial charge is 0.340 e. The highest BCUT2D eigenvalue weighted by atomic mass is 16.5. The van der Waals surface area contributed by atoms with Crippen molar-refractivity contribution in [1.29, 1.82) is 0 Å².